The minimum absolute atomic E-state index is 0.0169. The highest BCUT2D eigenvalue weighted by Gasteiger charge is 2.34. The number of aliphatic hydroxyl groups is 1. The largest absolute Gasteiger partial charge is 0.396 e. The predicted molar refractivity (Wildman–Crippen MR) is 94.7 cm³/mol. The molecule has 1 heterocycles. The number of hydrogen-bond donors (Lipinski definition) is 3. The molecule has 1 aliphatic carbocycles. The Bertz CT molecular complexity index is 401. The molecule has 1 aliphatic heterocycles. The normalized spacial score (nSPS) is 25.3. The summed E-state index contributed by atoms with van der Waals surface area (Å²) in [6, 6.07) is 0. The van der Waals surface area contributed by atoms with E-state index in [0.29, 0.717) is 13.2 Å². The molecule has 5 heteroatoms. The standard InChI is InChI=1S/C18H33N3O2/c1-2-19-17(20-11-8-16-6-4-3-5-7-16)21-14-18(9-12-22)10-13-23-15-18/h6,22H,2-5,7-15H2,1H3,(H2,19,20,21). The summed E-state index contributed by atoms with van der Waals surface area (Å²) < 4.78 is 5.54. The van der Waals surface area contributed by atoms with Gasteiger partial charge in [0, 0.05) is 31.7 Å². The molecule has 1 unspecified atom stereocenters. The van der Waals surface area contributed by atoms with Gasteiger partial charge in [-0.05, 0) is 51.9 Å². The van der Waals surface area contributed by atoms with Crippen LogP contribution in [0, 0.1) is 5.41 Å². The number of guanidine groups is 1. The molecule has 0 aromatic carbocycles. The zero-order valence-corrected chi connectivity index (χ0v) is 14.6. The quantitative estimate of drug-likeness (QED) is 0.364. The van der Waals surface area contributed by atoms with Gasteiger partial charge in [-0.25, -0.2) is 0 Å². The van der Waals surface area contributed by atoms with Crippen LogP contribution in [0.1, 0.15) is 51.9 Å². The van der Waals surface area contributed by atoms with Crippen molar-refractivity contribution in [1.29, 1.82) is 0 Å². The molecule has 5 nitrogen and oxygen atoms in total. The van der Waals surface area contributed by atoms with Crippen molar-refractivity contribution in [2.24, 2.45) is 10.4 Å². The molecule has 1 atom stereocenters. The molecule has 2 aliphatic rings. The van der Waals surface area contributed by atoms with E-state index >= 15 is 0 Å². The third-order valence-electron chi connectivity index (χ3n) is 4.87. The minimum atomic E-state index is 0.0169. The van der Waals surface area contributed by atoms with Crippen LogP contribution < -0.4 is 10.6 Å². The number of allylic oxidation sites excluding steroid dienone is 1. The first-order valence-corrected chi connectivity index (χ1v) is 9.17. The molecule has 0 radical (unpaired) electrons. The Balaban J connectivity index is 1.82. The molecular weight excluding hydrogens is 290 g/mol. The number of rotatable bonds is 8. The van der Waals surface area contributed by atoms with Crippen molar-refractivity contribution in [3.8, 4) is 0 Å². The summed E-state index contributed by atoms with van der Waals surface area (Å²) in [5.41, 5.74) is 1.60. The first-order valence-electron chi connectivity index (χ1n) is 9.17. The second kappa shape index (κ2) is 9.93. The zero-order valence-electron chi connectivity index (χ0n) is 14.6. The molecule has 1 fully saturated rings. The topological polar surface area (TPSA) is 65.9 Å². The number of nitrogens with zero attached hydrogens (tertiary/aromatic N) is 1. The van der Waals surface area contributed by atoms with E-state index in [2.05, 4.69) is 23.6 Å². The second-order valence-corrected chi connectivity index (χ2v) is 6.76. The monoisotopic (exact) mass is 323 g/mol. The first kappa shape index (κ1) is 18.3. The van der Waals surface area contributed by atoms with E-state index in [1.165, 1.54) is 25.7 Å². The Morgan fingerprint density at radius 2 is 2.30 bits per heavy atom. The van der Waals surface area contributed by atoms with Gasteiger partial charge < -0.3 is 20.5 Å². The van der Waals surface area contributed by atoms with Crippen LogP contribution in [0.5, 0.6) is 0 Å². The fourth-order valence-electron chi connectivity index (χ4n) is 3.35. The van der Waals surface area contributed by atoms with Gasteiger partial charge in [0.2, 0.25) is 0 Å². The second-order valence-electron chi connectivity index (χ2n) is 6.76. The Hall–Kier alpha value is -1.07. The molecule has 0 bridgehead atoms. The van der Waals surface area contributed by atoms with E-state index in [-0.39, 0.29) is 12.0 Å². The van der Waals surface area contributed by atoms with Crippen LogP contribution in [0.4, 0.5) is 0 Å². The smallest absolute Gasteiger partial charge is 0.191 e. The third kappa shape index (κ3) is 6.15. The van der Waals surface area contributed by atoms with Gasteiger partial charge in [-0.15, -0.1) is 0 Å². The van der Waals surface area contributed by atoms with Gasteiger partial charge in [0.05, 0.1) is 13.2 Å². The highest BCUT2D eigenvalue weighted by molar-refractivity contribution is 5.79. The molecule has 0 aromatic rings. The summed E-state index contributed by atoms with van der Waals surface area (Å²) in [6.07, 6.45) is 10.4. The lowest BCUT2D eigenvalue weighted by Crippen LogP contribution is -2.39. The molecule has 0 amide bonds. The lowest BCUT2D eigenvalue weighted by atomic mass is 9.84. The maximum atomic E-state index is 9.30. The van der Waals surface area contributed by atoms with Crippen molar-refractivity contribution < 1.29 is 9.84 Å². The SMILES string of the molecule is CCNC(=NCC1(CCO)CCOC1)NCCC1=CCCCC1. The number of hydrogen-bond acceptors (Lipinski definition) is 3. The maximum Gasteiger partial charge on any atom is 0.191 e. The van der Waals surface area contributed by atoms with Crippen LogP contribution >= 0.6 is 0 Å². The molecule has 3 N–H and O–H groups in total. The van der Waals surface area contributed by atoms with Crippen molar-refractivity contribution in [1.82, 2.24) is 10.6 Å². The van der Waals surface area contributed by atoms with Crippen LogP contribution in [0.2, 0.25) is 0 Å². The van der Waals surface area contributed by atoms with Crippen molar-refractivity contribution in [2.75, 3.05) is 39.5 Å². The van der Waals surface area contributed by atoms with Crippen molar-refractivity contribution in [2.45, 2.75) is 51.9 Å². The molecular formula is C18H33N3O2. The molecule has 1 saturated heterocycles. The van der Waals surface area contributed by atoms with E-state index in [9.17, 15) is 5.11 Å². The summed E-state index contributed by atoms with van der Waals surface area (Å²) in [5.74, 6) is 0.883. The summed E-state index contributed by atoms with van der Waals surface area (Å²) in [7, 11) is 0. The third-order valence-corrected chi connectivity index (χ3v) is 4.87. The fraction of sp³-hybridized carbons (Fsp3) is 0.833. The number of aliphatic hydroxyl groups excluding tert-OH is 1. The zero-order chi connectivity index (χ0) is 16.4. The van der Waals surface area contributed by atoms with Gasteiger partial charge in [-0.1, -0.05) is 11.6 Å². The molecule has 132 valence electrons. The summed E-state index contributed by atoms with van der Waals surface area (Å²) in [5, 5.41) is 16.1. The van der Waals surface area contributed by atoms with Gasteiger partial charge in [-0.3, -0.25) is 4.99 Å². The lowest BCUT2D eigenvalue weighted by molar-refractivity contribution is 0.131. The van der Waals surface area contributed by atoms with E-state index in [0.717, 1.165) is 44.9 Å². The summed E-state index contributed by atoms with van der Waals surface area (Å²) in [6.45, 7) is 6.29. The average Bonchev–Trinajstić information content (AvgIpc) is 3.03. The Morgan fingerprint density at radius 3 is 2.96 bits per heavy atom. The number of aliphatic imine (C=N–C) groups is 1. The van der Waals surface area contributed by atoms with Crippen molar-refractivity contribution in [3.63, 3.8) is 0 Å². The van der Waals surface area contributed by atoms with E-state index < -0.39 is 0 Å². The predicted octanol–water partition coefficient (Wildman–Crippen LogP) is 2.22. The molecule has 0 aromatic heterocycles. The van der Waals surface area contributed by atoms with Crippen LogP contribution in [0.25, 0.3) is 0 Å². The van der Waals surface area contributed by atoms with Crippen LogP contribution in [0.15, 0.2) is 16.6 Å². The number of nitrogens with one attached hydrogen (secondary N) is 2. The highest BCUT2D eigenvalue weighted by atomic mass is 16.5. The van der Waals surface area contributed by atoms with Crippen LogP contribution in [-0.2, 0) is 4.74 Å². The molecule has 0 spiro atoms. The Labute approximate surface area is 140 Å². The van der Waals surface area contributed by atoms with E-state index in [1.807, 2.05) is 0 Å². The Kier molecular flexibility index (Phi) is 7.89. The molecule has 23 heavy (non-hydrogen) atoms. The summed E-state index contributed by atoms with van der Waals surface area (Å²) >= 11 is 0. The van der Waals surface area contributed by atoms with Gasteiger partial charge in [0.15, 0.2) is 5.96 Å². The lowest BCUT2D eigenvalue weighted by Gasteiger charge is -2.25. The minimum Gasteiger partial charge on any atom is -0.396 e. The van der Waals surface area contributed by atoms with Crippen molar-refractivity contribution in [3.05, 3.63) is 11.6 Å². The van der Waals surface area contributed by atoms with Crippen LogP contribution in [-0.4, -0.2) is 50.5 Å². The maximum absolute atomic E-state index is 9.30. The van der Waals surface area contributed by atoms with Crippen LogP contribution in [0.3, 0.4) is 0 Å². The van der Waals surface area contributed by atoms with Crippen molar-refractivity contribution >= 4 is 5.96 Å². The highest BCUT2D eigenvalue weighted by Crippen LogP contribution is 2.32. The van der Waals surface area contributed by atoms with Gasteiger partial charge in [-0.2, -0.15) is 0 Å². The molecule has 0 saturated carbocycles. The average molecular weight is 323 g/mol. The Morgan fingerprint density at radius 1 is 1.39 bits per heavy atom. The van der Waals surface area contributed by atoms with Gasteiger partial charge in [0.25, 0.3) is 0 Å². The first-order chi connectivity index (χ1) is 11.3. The van der Waals surface area contributed by atoms with E-state index in [1.54, 1.807) is 5.57 Å². The van der Waals surface area contributed by atoms with Gasteiger partial charge in [0.1, 0.15) is 0 Å². The number of ether oxygens (including phenoxy) is 1. The fourth-order valence-corrected chi connectivity index (χ4v) is 3.35. The van der Waals surface area contributed by atoms with E-state index in [4.69, 9.17) is 9.73 Å². The summed E-state index contributed by atoms with van der Waals surface area (Å²) in [4.78, 5) is 4.75. The van der Waals surface area contributed by atoms with Gasteiger partial charge >= 0.3 is 0 Å². The molecule has 2 rings (SSSR count).